The van der Waals surface area contributed by atoms with Crippen LogP contribution in [0.2, 0.25) is 5.02 Å². The number of rotatable bonds is 3. The lowest BCUT2D eigenvalue weighted by atomic mass is 9.90. The molecular weight excluding hydrogens is 294 g/mol. The van der Waals surface area contributed by atoms with Crippen molar-refractivity contribution >= 4 is 34.8 Å². The molecule has 2 rings (SSSR count). The van der Waals surface area contributed by atoms with E-state index in [0.717, 1.165) is 0 Å². The SMILES string of the molecule is CC(=O)Nc1ccc(NC(=O)C2(N)CCOCC2)cc1Cl. The molecule has 114 valence electrons. The summed E-state index contributed by atoms with van der Waals surface area (Å²) in [7, 11) is 0. The van der Waals surface area contributed by atoms with E-state index < -0.39 is 5.54 Å². The average Bonchev–Trinajstić information content (AvgIpc) is 2.42. The van der Waals surface area contributed by atoms with Crippen molar-refractivity contribution in [2.75, 3.05) is 23.8 Å². The van der Waals surface area contributed by atoms with Crippen LogP contribution < -0.4 is 16.4 Å². The number of ether oxygens (including phenoxy) is 1. The molecule has 0 atom stereocenters. The van der Waals surface area contributed by atoms with E-state index in [1.807, 2.05) is 0 Å². The van der Waals surface area contributed by atoms with Gasteiger partial charge in [-0.25, -0.2) is 0 Å². The maximum atomic E-state index is 12.3. The van der Waals surface area contributed by atoms with E-state index in [1.54, 1.807) is 18.2 Å². The summed E-state index contributed by atoms with van der Waals surface area (Å²) in [5.74, 6) is -0.467. The van der Waals surface area contributed by atoms with Crippen LogP contribution in [0, 0.1) is 0 Å². The molecule has 1 heterocycles. The Balaban J connectivity index is 2.07. The Hall–Kier alpha value is -1.63. The van der Waals surface area contributed by atoms with Crippen LogP contribution in [-0.4, -0.2) is 30.6 Å². The number of hydrogen-bond donors (Lipinski definition) is 3. The van der Waals surface area contributed by atoms with Gasteiger partial charge in [-0.1, -0.05) is 11.6 Å². The molecule has 0 spiro atoms. The van der Waals surface area contributed by atoms with E-state index in [2.05, 4.69) is 10.6 Å². The summed E-state index contributed by atoms with van der Waals surface area (Å²) in [6, 6.07) is 4.87. The molecule has 6 nitrogen and oxygen atoms in total. The standard InChI is InChI=1S/C14H18ClN3O3/c1-9(19)17-12-3-2-10(8-11(12)15)18-13(20)14(16)4-6-21-7-5-14/h2-3,8H,4-7,16H2,1H3,(H,17,19)(H,18,20). The largest absolute Gasteiger partial charge is 0.381 e. The molecule has 1 saturated heterocycles. The molecule has 0 saturated carbocycles. The van der Waals surface area contributed by atoms with Crippen molar-refractivity contribution in [3.05, 3.63) is 23.2 Å². The van der Waals surface area contributed by atoms with Gasteiger partial charge in [0.2, 0.25) is 11.8 Å². The number of nitrogens with two attached hydrogens (primary N) is 1. The van der Waals surface area contributed by atoms with Crippen LogP contribution in [0.25, 0.3) is 0 Å². The Morgan fingerprint density at radius 3 is 2.52 bits per heavy atom. The van der Waals surface area contributed by atoms with Crippen LogP contribution >= 0.6 is 11.6 Å². The van der Waals surface area contributed by atoms with E-state index in [-0.39, 0.29) is 11.8 Å². The fourth-order valence-corrected chi connectivity index (χ4v) is 2.33. The highest BCUT2D eigenvalue weighted by Gasteiger charge is 2.35. The molecule has 2 amide bonds. The first-order chi connectivity index (χ1) is 9.90. The number of hydrogen-bond acceptors (Lipinski definition) is 4. The van der Waals surface area contributed by atoms with Crippen molar-refractivity contribution in [1.82, 2.24) is 0 Å². The first kappa shape index (κ1) is 15.8. The molecule has 1 aromatic rings. The van der Waals surface area contributed by atoms with Crippen molar-refractivity contribution in [1.29, 1.82) is 0 Å². The number of amides is 2. The predicted molar refractivity (Wildman–Crippen MR) is 81.4 cm³/mol. The second-order valence-electron chi connectivity index (χ2n) is 5.10. The number of nitrogens with one attached hydrogen (secondary N) is 2. The van der Waals surface area contributed by atoms with Gasteiger partial charge in [0.15, 0.2) is 0 Å². The van der Waals surface area contributed by atoms with Crippen LogP contribution in [0.15, 0.2) is 18.2 Å². The third-order valence-corrected chi connectivity index (χ3v) is 3.69. The lowest BCUT2D eigenvalue weighted by Gasteiger charge is -2.31. The summed E-state index contributed by atoms with van der Waals surface area (Å²) in [5, 5.41) is 5.70. The third kappa shape index (κ3) is 3.93. The number of carbonyl (C=O) groups is 2. The topological polar surface area (TPSA) is 93.5 Å². The second-order valence-corrected chi connectivity index (χ2v) is 5.51. The smallest absolute Gasteiger partial charge is 0.244 e. The van der Waals surface area contributed by atoms with Crippen LogP contribution in [0.5, 0.6) is 0 Å². The van der Waals surface area contributed by atoms with Gasteiger partial charge < -0.3 is 21.1 Å². The Morgan fingerprint density at radius 2 is 1.95 bits per heavy atom. The van der Waals surface area contributed by atoms with Gasteiger partial charge in [0.05, 0.1) is 10.7 Å². The highest BCUT2D eigenvalue weighted by atomic mass is 35.5. The number of benzene rings is 1. The summed E-state index contributed by atoms with van der Waals surface area (Å²) in [5.41, 5.74) is 6.22. The predicted octanol–water partition coefficient (Wildman–Crippen LogP) is 1.74. The third-order valence-electron chi connectivity index (χ3n) is 3.37. The molecule has 1 aromatic carbocycles. The van der Waals surface area contributed by atoms with Crippen molar-refractivity contribution in [3.63, 3.8) is 0 Å². The summed E-state index contributed by atoms with van der Waals surface area (Å²) >= 11 is 6.06. The van der Waals surface area contributed by atoms with Gasteiger partial charge in [-0.2, -0.15) is 0 Å². The normalized spacial score (nSPS) is 17.1. The minimum absolute atomic E-state index is 0.211. The molecular formula is C14H18ClN3O3. The maximum absolute atomic E-state index is 12.3. The quantitative estimate of drug-likeness (QED) is 0.792. The lowest BCUT2D eigenvalue weighted by molar-refractivity contribution is -0.124. The zero-order valence-corrected chi connectivity index (χ0v) is 12.5. The van der Waals surface area contributed by atoms with E-state index in [4.69, 9.17) is 22.1 Å². The molecule has 0 bridgehead atoms. The molecule has 1 aliphatic heterocycles. The number of carbonyl (C=O) groups excluding carboxylic acids is 2. The van der Waals surface area contributed by atoms with Gasteiger partial charge in [0.25, 0.3) is 0 Å². The molecule has 0 radical (unpaired) electrons. The zero-order chi connectivity index (χ0) is 15.5. The van der Waals surface area contributed by atoms with Gasteiger partial charge in [-0.3, -0.25) is 9.59 Å². The Kier molecular flexibility index (Phi) is 4.82. The van der Waals surface area contributed by atoms with E-state index in [0.29, 0.717) is 42.5 Å². The van der Waals surface area contributed by atoms with E-state index in [9.17, 15) is 9.59 Å². The summed E-state index contributed by atoms with van der Waals surface area (Å²) in [6.45, 7) is 2.35. The minimum atomic E-state index is -0.916. The van der Waals surface area contributed by atoms with Gasteiger partial charge >= 0.3 is 0 Å². The highest BCUT2D eigenvalue weighted by Crippen LogP contribution is 2.27. The second kappa shape index (κ2) is 6.43. The first-order valence-electron chi connectivity index (χ1n) is 6.66. The number of halogens is 1. The summed E-state index contributed by atoms with van der Waals surface area (Å²) in [6.07, 6.45) is 0.965. The maximum Gasteiger partial charge on any atom is 0.244 e. The average molecular weight is 312 g/mol. The zero-order valence-electron chi connectivity index (χ0n) is 11.7. The molecule has 0 unspecified atom stereocenters. The van der Waals surface area contributed by atoms with Gasteiger partial charge in [-0.05, 0) is 31.0 Å². The monoisotopic (exact) mass is 311 g/mol. The molecule has 7 heteroatoms. The molecule has 0 aromatic heterocycles. The van der Waals surface area contributed by atoms with Crippen molar-refractivity contribution < 1.29 is 14.3 Å². The highest BCUT2D eigenvalue weighted by molar-refractivity contribution is 6.34. The Labute approximate surface area is 128 Å². The van der Waals surface area contributed by atoms with Crippen molar-refractivity contribution in [2.24, 2.45) is 5.73 Å². The lowest BCUT2D eigenvalue weighted by Crippen LogP contribution is -2.54. The van der Waals surface area contributed by atoms with E-state index >= 15 is 0 Å². The van der Waals surface area contributed by atoms with Crippen LogP contribution in [0.4, 0.5) is 11.4 Å². The fourth-order valence-electron chi connectivity index (χ4n) is 2.10. The van der Waals surface area contributed by atoms with Crippen molar-refractivity contribution in [3.8, 4) is 0 Å². The Morgan fingerprint density at radius 1 is 1.29 bits per heavy atom. The van der Waals surface area contributed by atoms with Crippen LogP contribution in [0.1, 0.15) is 19.8 Å². The molecule has 1 aliphatic rings. The van der Waals surface area contributed by atoms with Crippen molar-refractivity contribution in [2.45, 2.75) is 25.3 Å². The van der Waals surface area contributed by atoms with Gasteiger partial charge in [0, 0.05) is 25.8 Å². The molecule has 21 heavy (non-hydrogen) atoms. The molecule has 1 fully saturated rings. The van der Waals surface area contributed by atoms with Gasteiger partial charge in [0.1, 0.15) is 5.54 Å². The summed E-state index contributed by atoms with van der Waals surface area (Å²) < 4.78 is 5.22. The van der Waals surface area contributed by atoms with Crippen LogP contribution in [0.3, 0.4) is 0 Å². The van der Waals surface area contributed by atoms with E-state index in [1.165, 1.54) is 6.92 Å². The first-order valence-corrected chi connectivity index (χ1v) is 7.04. The number of anilines is 2. The molecule has 0 aliphatic carbocycles. The minimum Gasteiger partial charge on any atom is -0.381 e. The van der Waals surface area contributed by atoms with Gasteiger partial charge in [-0.15, -0.1) is 0 Å². The molecule has 4 N–H and O–H groups in total. The fraction of sp³-hybridized carbons (Fsp3) is 0.429. The summed E-state index contributed by atoms with van der Waals surface area (Å²) in [4.78, 5) is 23.3. The Bertz CT molecular complexity index is 556. The van der Waals surface area contributed by atoms with Crippen LogP contribution in [-0.2, 0) is 14.3 Å².